The third kappa shape index (κ3) is 14.1. The number of halogens is 2. The average Bonchev–Trinajstić information content (AvgIpc) is 3.81. The molecule has 0 spiro atoms. The molecule has 0 heterocycles. The summed E-state index contributed by atoms with van der Waals surface area (Å²) >= 11 is -0.826. The van der Waals surface area contributed by atoms with E-state index in [0.717, 1.165) is 21.4 Å². The Labute approximate surface area is 388 Å². The summed E-state index contributed by atoms with van der Waals surface area (Å²) in [5.41, 5.74) is 11.3. The second kappa shape index (κ2) is 23.2. The Kier molecular flexibility index (Phi) is 19.1. The van der Waals surface area contributed by atoms with E-state index in [0.29, 0.717) is 0 Å². The third-order valence-electron chi connectivity index (χ3n) is 12.7. The molecule has 0 bridgehead atoms. The minimum absolute atomic E-state index is 0.826. The van der Waals surface area contributed by atoms with Crippen LogP contribution in [0.25, 0.3) is 43.8 Å². The summed E-state index contributed by atoms with van der Waals surface area (Å²) in [6, 6.07) is 38.2. The molecule has 0 aliphatic heterocycles. The summed E-state index contributed by atoms with van der Waals surface area (Å²) in [6.07, 6.45) is 16.8. The third-order valence-corrected chi connectivity index (χ3v) is 16.8. The van der Waals surface area contributed by atoms with Crippen LogP contribution < -0.4 is 10.4 Å². The van der Waals surface area contributed by atoms with E-state index in [1.54, 1.807) is 11.1 Å². The molecule has 8 rings (SSSR count). The predicted octanol–water partition coefficient (Wildman–Crippen LogP) is 16.6. The van der Waals surface area contributed by atoms with E-state index < -0.39 is 37.0 Å². The van der Waals surface area contributed by atoms with Gasteiger partial charge in [0, 0.05) is 9.52 Å². The van der Waals surface area contributed by atoms with Crippen molar-refractivity contribution >= 4 is 74.6 Å². The Bertz CT molecular complexity index is 2050. The summed E-state index contributed by atoms with van der Waals surface area (Å²) < 4.78 is 0. The van der Waals surface area contributed by atoms with Crippen LogP contribution in [0.15, 0.2) is 97.1 Å². The zero-order chi connectivity index (χ0) is 43.5. The van der Waals surface area contributed by atoms with Gasteiger partial charge in [-0.2, -0.15) is 12.1 Å². The van der Waals surface area contributed by atoms with Crippen LogP contribution in [0.2, 0.25) is 52.4 Å². The maximum absolute atomic E-state index is 4.93. The van der Waals surface area contributed by atoms with Gasteiger partial charge in [-0.3, -0.25) is 0 Å². The van der Waals surface area contributed by atoms with Gasteiger partial charge in [-0.25, -0.2) is 0 Å². The van der Waals surface area contributed by atoms with E-state index in [1.165, 1.54) is 142 Å². The van der Waals surface area contributed by atoms with Crippen LogP contribution in [0.5, 0.6) is 0 Å². The maximum atomic E-state index is 4.93. The fourth-order valence-corrected chi connectivity index (χ4v) is 11.9. The molecule has 2 radical (unpaired) electrons. The molecule has 0 N–H and O–H groups in total. The Hall–Kier alpha value is -1.79. The van der Waals surface area contributed by atoms with Crippen LogP contribution in [0.4, 0.5) is 0 Å². The molecule has 0 aromatic heterocycles. The molecule has 0 atom stereocenters. The van der Waals surface area contributed by atoms with Gasteiger partial charge in [0.05, 0.1) is 16.1 Å². The first-order valence-electron chi connectivity index (χ1n) is 22.8. The quantitative estimate of drug-likeness (QED) is 0.105. The number of rotatable bonds is 8. The molecule has 6 aromatic rings. The SMILES string of the molecule is C[Si]C.Cc1cc(-c2ccc([Si](C)(C)C)cc2)c2cc(CC3CCCCC3)[cH-]c2c1.Cc1cc(-c2ccc([Si](C)(C)C)cc2)c2cc(CC3CCCCC3)[cH-]c2c1.[Cl][Zr+2][Cl]. The van der Waals surface area contributed by atoms with E-state index in [4.69, 9.17) is 17.0 Å². The first-order chi connectivity index (χ1) is 28.6. The number of hydrogen-bond donors (Lipinski definition) is 0. The monoisotopic (exact) mass is 964 g/mol. The van der Waals surface area contributed by atoms with Crippen LogP contribution >= 0.6 is 17.0 Å². The van der Waals surface area contributed by atoms with Crippen molar-refractivity contribution in [3.8, 4) is 22.3 Å². The van der Waals surface area contributed by atoms with Crippen LogP contribution in [0.1, 0.15) is 86.5 Å². The van der Waals surface area contributed by atoms with Gasteiger partial charge in [0.1, 0.15) is 0 Å². The van der Waals surface area contributed by atoms with Gasteiger partial charge in [-0.1, -0.05) is 210 Å². The first kappa shape index (κ1) is 49.2. The molecular formula is C54H72Cl2Si3Zr. The molecule has 0 unspecified atom stereocenters. The van der Waals surface area contributed by atoms with Crippen molar-refractivity contribution in [1.29, 1.82) is 0 Å². The molecule has 6 heteroatoms. The van der Waals surface area contributed by atoms with Crippen molar-refractivity contribution in [3.63, 3.8) is 0 Å². The standard InChI is InChI=1S/2C26H33Si.C2H6Si.2ClH.Zr/c2*1-19-14-23-17-21(16-20-8-6-5-7-9-20)18-26(23)25(15-19)22-10-12-24(13-11-22)27(2,3)4;1-3-2;;;/h2*10-15,17-18,20H,5-9,16H2,1-4H3;1-2H3;2*1H;/q2*-1;;;;+4/p-2. The minimum atomic E-state index is -1.24. The zero-order valence-corrected chi connectivity index (χ0v) is 45.6. The molecule has 318 valence electrons. The molecule has 2 aliphatic carbocycles. The average molecular weight is 968 g/mol. The Morgan fingerprint density at radius 2 is 0.850 bits per heavy atom. The fraction of sp³-hybridized carbons (Fsp3) is 0.444. The zero-order valence-electron chi connectivity index (χ0n) is 38.6. The summed E-state index contributed by atoms with van der Waals surface area (Å²) in [4.78, 5) is 0. The summed E-state index contributed by atoms with van der Waals surface area (Å²) in [7, 11) is 8.47. The molecule has 2 saturated carbocycles. The van der Waals surface area contributed by atoms with Crippen molar-refractivity contribution in [2.75, 3.05) is 0 Å². The van der Waals surface area contributed by atoms with Gasteiger partial charge < -0.3 is 0 Å². The molecule has 6 aromatic carbocycles. The van der Waals surface area contributed by atoms with Gasteiger partial charge in [0.15, 0.2) is 0 Å². The predicted molar refractivity (Wildman–Crippen MR) is 275 cm³/mol. The van der Waals surface area contributed by atoms with Crippen molar-refractivity contribution in [1.82, 2.24) is 0 Å². The van der Waals surface area contributed by atoms with Crippen LogP contribution in [0, 0.1) is 25.7 Å². The molecule has 2 aliphatic rings. The Balaban J connectivity index is 0.000000201. The van der Waals surface area contributed by atoms with Crippen LogP contribution in [-0.4, -0.2) is 25.7 Å². The molecular weight excluding hydrogens is 895 g/mol. The van der Waals surface area contributed by atoms with E-state index in [9.17, 15) is 0 Å². The molecule has 0 saturated heterocycles. The van der Waals surface area contributed by atoms with E-state index in [2.05, 4.69) is 163 Å². The van der Waals surface area contributed by atoms with Crippen molar-refractivity contribution in [2.45, 2.75) is 143 Å². The number of benzene rings is 4. The van der Waals surface area contributed by atoms with Gasteiger partial charge in [-0.05, 0) is 49.7 Å². The van der Waals surface area contributed by atoms with Gasteiger partial charge in [-0.15, -0.1) is 56.9 Å². The van der Waals surface area contributed by atoms with Crippen molar-refractivity contribution < 1.29 is 20.8 Å². The number of hydrogen-bond acceptors (Lipinski definition) is 0. The first-order valence-corrected chi connectivity index (χ1v) is 38.1. The molecule has 0 nitrogen and oxygen atoms in total. The number of aryl methyl sites for hydroxylation is 2. The van der Waals surface area contributed by atoms with Crippen LogP contribution in [0.3, 0.4) is 0 Å². The molecule has 60 heavy (non-hydrogen) atoms. The molecule has 2 fully saturated rings. The summed E-state index contributed by atoms with van der Waals surface area (Å²) in [6.45, 7) is 23.3. The topological polar surface area (TPSA) is 0 Å². The summed E-state index contributed by atoms with van der Waals surface area (Å²) in [5, 5.41) is 8.79. The fourth-order valence-electron chi connectivity index (χ4n) is 9.53. The Morgan fingerprint density at radius 1 is 0.533 bits per heavy atom. The van der Waals surface area contributed by atoms with Gasteiger partial charge in [0.2, 0.25) is 0 Å². The number of fused-ring (bicyclic) bond motifs is 2. The van der Waals surface area contributed by atoms with E-state index in [-0.39, 0.29) is 0 Å². The van der Waals surface area contributed by atoms with Crippen molar-refractivity contribution in [3.05, 3.63) is 119 Å². The van der Waals surface area contributed by atoms with E-state index in [1.807, 2.05) is 0 Å². The second-order valence-corrected chi connectivity index (χ2v) is 34.9. The molecule has 0 amide bonds. The van der Waals surface area contributed by atoms with Gasteiger partial charge in [0.25, 0.3) is 0 Å². The second-order valence-electron chi connectivity index (χ2n) is 20.0. The van der Waals surface area contributed by atoms with Crippen LogP contribution in [-0.2, 0) is 33.7 Å². The van der Waals surface area contributed by atoms with Gasteiger partial charge >= 0.3 is 37.9 Å². The summed E-state index contributed by atoms with van der Waals surface area (Å²) in [5.74, 6) is 1.80. The van der Waals surface area contributed by atoms with E-state index >= 15 is 0 Å². The normalized spacial score (nSPS) is 15.0. The van der Waals surface area contributed by atoms with Crippen molar-refractivity contribution in [2.24, 2.45) is 11.8 Å². The Morgan fingerprint density at radius 3 is 1.15 bits per heavy atom.